The van der Waals surface area contributed by atoms with Crippen LogP contribution in [0.15, 0.2) is 55.0 Å². The highest BCUT2D eigenvalue weighted by atomic mass is 19.3. The molecule has 2 aliphatic heterocycles. The number of hydrogen-bond donors (Lipinski definition) is 2. The van der Waals surface area contributed by atoms with Gasteiger partial charge in [-0.15, -0.1) is 0 Å². The lowest BCUT2D eigenvalue weighted by molar-refractivity contribution is 0.0115. The van der Waals surface area contributed by atoms with E-state index in [0.29, 0.717) is 13.1 Å². The van der Waals surface area contributed by atoms with Crippen molar-refractivity contribution in [3.05, 3.63) is 60.6 Å². The van der Waals surface area contributed by atoms with Gasteiger partial charge in [0.15, 0.2) is 0 Å². The fraction of sp³-hybridized carbons (Fsp3) is 0.345. The minimum Gasteiger partial charge on any atom is -0.368 e. The Bertz CT molecular complexity index is 1650. The Morgan fingerprint density at radius 2 is 1.82 bits per heavy atom. The summed E-state index contributed by atoms with van der Waals surface area (Å²) in [4.78, 5) is 19.2. The zero-order valence-electron chi connectivity index (χ0n) is 21.8. The van der Waals surface area contributed by atoms with Crippen molar-refractivity contribution in [1.82, 2.24) is 34.9 Å². The van der Waals surface area contributed by atoms with E-state index < -0.39 is 5.92 Å². The Kier molecular flexibility index (Phi) is 5.82. The van der Waals surface area contributed by atoms with Gasteiger partial charge in [0.2, 0.25) is 0 Å². The van der Waals surface area contributed by atoms with Crippen molar-refractivity contribution < 1.29 is 8.78 Å². The molecule has 5 aromatic rings. The monoisotopic (exact) mass is 528 g/mol. The summed E-state index contributed by atoms with van der Waals surface area (Å²) in [6.45, 7) is 4.73. The molecule has 10 heteroatoms. The Morgan fingerprint density at radius 1 is 0.949 bits per heavy atom. The van der Waals surface area contributed by atoms with Crippen LogP contribution in [-0.4, -0.2) is 87.2 Å². The van der Waals surface area contributed by atoms with E-state index in [4.69, 9.17) is 0 Å². The predicted molar refractivity (Wildman–Crippen MR) is 149 cm³/mol. The molecule has 39 heavy (non-hydrogen) atoms. The van der Waals surface area contributed by atoms with Gasteiger partial charge in [-0.25, -0.2) is 8.78 Å². The number of aromatic amines is 2. The fourth-order valence-corrected chi connectivity index (χ4v) is 5.78. The molecule has 2 N–H and O–H groups in total. The maximum absolute atomic E-state index is 13.7. The van der Waals surface area contributed by atoms with Gasteiger partial charge in [-0.1, -0.05) is 6.07 Å². The second kappa shape index (κ2) is 9.39. The first-order chi connectivity index (χ1) is 18.9. The molecule has 8 nitrogen and oxygen atoms in total. The van der Waals surface area contributed by atoms with Gasteiger partial charge < -0.3 is 14.8 Å². The summed E-state index contributed by atoms with van der Waals surface area (Å²) >= 11 is 0. The van der Waals surface area contributed by atoms with Crippen molar-refractivity contribution in [3.63, 3.8) is 0 Å². The van der Waals surface area contributed by atoms with Gasteiger partial charge in [0.1, 0.15) is 5.69 Å². The number of pyridine rings is 2. The molecular formula is C29H30F2N8. The van der Waals surface area contributed by atoms with Crippen LogP contribution in [-0.2, 0) is 6.54 Å². The minimum atomic E-state index is -2.61. The number of anilines is 1. The number of halogens is 2. The number of alkyl halides is 2. The van der Waals surface area contributed by atoms with E-state index in [0.717, 1.165) is 70.8 Å². The van der Waals surface area contributed by atoms with Crippen LogP contribution in [0, 0.1) is 0 Å². The van der Waals surface area contributed by atoms with Crippen LogP contribution < -0.4 is 4.90 Å². The number of piperazine rings is 1. The average molecular weight is 529 g/mol. The lowest BCUT2D eigenvalue weighted by atomic mass is 10.1. The van der Waals surface area contributed by atoms with Gasteiger partial charge in [0.25, 0.3) is 5.92 Å². The van der Waals surface area contributed by atoms with Gasteiger partial charge in [-0.05, 0) is 42.9 Å². The second-order valence-corrected chi connectivity index (χ2v) is 10.8. The number of fused-ring (bicyclic) bond motifs is 2. The second-order valence-electron chi connectivity index (χ2n) is 10.8. The van der Waals surface area contributed by atoms with Gasteiger partial charge in [-0.3, -0.25) is 20.0 Å². The molecule has 2 saturated heterocycles. The largest absolute Gasteiger partial charge is 0.368 e. The maximum atomic E-state index is 13.7. The topological polar surface area (TPSA) is 80.0 Å². The lowest BCUT2D eigenvalue weighted by Crippen LogP contribution is -2.44. The molecule has 7 rings (SSSR count). The Hall–Kier alpha value is -3.89. The number of nitrogens with zero attached hydrogens (tertiary/aromatic N) is 6. The van der Waals surface area contributed by atoms with Crippen molar-refractivity contribution in [2.45, 2.75) is 18.9 Å². The van der Waals surface area contributed by atoms with E-state index in [1.807, 2.05) is 12.1 Å². The molecule has 0 amide bonds. The van der Waals surface area contributed by atoms with Gasteiger partial charge >= 0.3 is 0 Å². The highest BCUT2D eigenvalue weighted by Crippen LogP contribution is 2.35. The van der Waals surface area contributed by atoms with E-state index >= 15 is 0 Å². The van der Waals surface area contributed by atoms with Crippen molar-refractivity contribution >= 4 is 27.5 Å². The smallest absolute Gasteiger partial charge is 0.261 e. The van der Waals surface area contributed by atoms with Crippen LogP contribution in [0.2, 0.25) is 0 Å². The minimum absolute atomic E-state index is 0.0910. The van der Waals surface area contributed by atoms with Gasteiger partial charge in [0, 0.05) is 85.6 Å². The summed E-state index contributed by atoms with van der Waals surface area (Å²) in [7, 11) is 2.17. The zero-order valence-corrected chi connectivity index (χ0v) is 21.8. The van der Waals surface area contributed by atoms with Crippen LogP contribution in [0.4, 0.5) is 14.5 Å². The summed E-state index contributed by atoms with van der Waals surface area (Å²) in [5, 5.41) is 9.90. The number of rotatable bonds is 5. The molecule has 1 aromatic carbocycles. The highest BCUT2D eigenvalue weighted by Gasteiger charge is 2.37. The lowest BCUT2D eigenvalue weighted by Gasteiger charge is -2.34. The summed E-state index contributed by atoms with van der Waals surface area (Å²) in [5.41, 5.74) is 7.44. The third kappa shape index (κ3) is 4.63. The average Bonchev–Trinajstić information content (AvgIpc) is 3.64. The summed E-state index contributed by atoms with van der Waals surface area (Å²) < 4.78 is 27.3. The van der Waals surface area contributed by atoms with Crippen LogP contribution in [0.25, 0.3) is 44.5 Å². The molecule has 0 saturated carbocycles. The molecule has 4 aromatic heterocycles. The molecule has 2 fully saturated rings. The number of H-pyrrole nitrogens is 2. The molecule has 6 heterocycles. The number of benzene rings is 1. The number of likely N-dealkylation sites (tertiary alicyclic amines) is 1. The molecule has 0 spiro atoms. The first-order valence-electron chi connectivity index (χ1n) is 13.4. The normalized spacial score (nSPS) is 18.5. The van der Waals surface area contributed by atoms with E-state index in [9.17, 15) is 8.78 Å². The summed E-state index contributed by atoms with van der Waals surface area (Å²) in [5.74, 6) is -2.61. The first-order valence-corrected chi connectivity index (χ1v) is 13.4. The molecule has 0 unspecified atom stereocenters. The number of hydrogen-bond acceptors (Lipinski definition) is 6. The van der Waals surface area contributed by atoms with Crippen LogP contribution in [0.3, 0.4) is 0 Å². The molecule has 0 aliphatic carbocycles. The number of aromatic nitrogens is 5. The van der Waals surface area contributed by atoms with E-state index in [1.165, 1.54) is 11.1 Å². The van der Waals surface area contributed by atoms with Gasteiger partial charge in [0.05, 0.1) is 29.6 Å². The highest BCUT2D eigenvalue weighted by molar-refractivity contribution is 6.00. The molecule has 0 atom stereocenters. The van der Waals surface area contributed by atoms with Crippen molar-refractivity contribution in [1.29, 1.82) is 0 Å². The Morgan fingerprint density at radius 3 is 2.64 bits per heavy atom. The quantitative estimate of drug-likeness (QED) is 0.343. The Balaban J connectivity index is 1.21. The molecular weight excluding hydrogens is 498 g/mol. The molecule has 0 bridgehead atoms. The Labute approximate surface area is 224 Å². The predicted octanol–water partition coefficient (Wildman–Crippen LogP) is 4.76. The first kappa shape index (κ1) is 24.2. The van der Waals surface area contributed by atoms with E-state index in [-0.39, 0.29) is 13.0 Å². The van der Waals surface area contributed by atoms with E-state index in [2.05, 4.69) is 66.3 Å². The fourth-order valence-electron chi connectivity index (χ4n) is 5.78. The zero-order chi connectivity index (χ0) is 26.6. The third-order valence-electron chi connectivity index (χ3n) is 7.93. The summed E-state index contributed by atoms with van der Waals surface area (Å²) in [6.07, 6.45) is 5.20. The maximum Gasteiger partial charge on any atom is 0.261 e. The van der Waals surface area contributed by atoms with E-state index in [1.54, 1.807) is 23.5 Å². The number of nitrogens with one attached hydrogen (secondary N) is 2. The van der Waals surface area contributed by atoms with Crippen LogP contribution in [0.5, 0.6) is 0 Å². The SMILES string of the molecule is CN1CCN(c2cccc3[nH]c(-c4n[nH]c5cnc(-c6cncc(CN7CCC(F)(F)C7)c6)cc45)cc23)CC1. The summed E-state index contributed by atoms with van der Waals surface area (Å²) in [6, 6.07) is 12.6. The van der Waals surface area contributed by atoms with Crippen molar-refractivity contribution in [3.8, 4) is 22.6 Å². The van der Waals surface area contributed by atoms with Crippen molar-refractivity contribution in [2.24, 2.45) is 0 Å². The van der Waals surface area contributed by atoms with Crippen LogP contribution in [0.1, 0.15) is 12.0 Å². The molecule has 200 valence electrons. The van der Waals surface area contributed by atoms with Crippen LogP contribution >= 0.6 is 0 Å². The standard InChI is InChI=1S/C29H30F2N8/c1-37-7-9-39(10-8-37)27-4-2-3-23-21(27)12-25(34-23)28-22-13-24(33-16-26(22)35-36-28)20-11-19(14-32-15-20)17-38-6-5-29(30,31)18-38/h2-4,11-16,34H,5-10,17-18H2,1H3,(H,35,36). The number of likely N-dealkylation sites (N-methyl/N-ethyl adjacent to an activating group) is 1. The van der Waals surface area contributed by atoms with Crippen molar-refractivity contribution in [2.75, 3.05) is 51.2 Å². The third-order valence-corrected chi connectivity index (χ3v) is 7.93. The molecule has 2 aliphatic rings. The van der Waals surface area contributed by atoms with Gasteiger partial charge in [-0.2, -0.15) is 5.10 Å². The molecule has 0 radical (unpaired) electrons.